The van der Waals surface area contributed by atoms with Crippen molar-refractivity contribution in [1.82, 2.24) is 9.38 Å². The number of hydrogen-bond donors (Lipinski definition) is 1. The quantitative estimate of drug-likeness (QED) is 0.432. The molecule has 27 heavy (non-hydrogen) atoms. The first-order valence-corrected chi connectivity index (χ1v) is 9.54. The molecule has 0 unspecified atom stereocenters. The minimum atomic E-state index is -0.298. The number of halogens is 2. The van der Waals surface area contributed by atoms with E-state index in [4.69, 9.17) is 4.98 Å². The molecular formula is C22H19BrFN3. The molecule has 3 nitrogen and oxygen atoms in total. The second-order valence-corrected chi connectivity index (χ2v) is 7.50. The van der Waals surface area contributed by atoms with Gasteiger partial charge in [0, 0.05) is 10.7 Å². The lowest BCUT2D eigenvalue weighted by Crippen LogP contribution is -2.16. The SMILES string of the molecule is Cc1nc2c(C)cccn2c1[C@@H](Nc1ccc(Br)cc1F)c1ccccc1. The summed E-state index contributed by atoms with van der Waals surface area (Å²) in [6.07, 6.45) is 2.01. The Kier molecular flexibility index (Phi) is 4.70. The molecule has 0 aliphatic rings. The second-order valence-electron chi connectivity index (χ2n) is 6.58. The molecule has 5 heteroatoms. The molecule has 0 aliphatic heterocycles. The summed E-state index contributed by atoms with van der Waals surface area (Å²) >= 11 is 3.32. The Balaban J connectivity index is 1.89. The number of pyridine rings is 1. The summed E-state index contributed by atoms with van der Waals surface area (Å²) in [6.45, 7) is 4.04. The van der Waals surface area contributed by atoms with Gasteiger partial charge in [0.15, 0.2) is 0 Å². The molecule has 0 aliphatic carbocycles. The first-order valence-electron chi connectivity index (χ1n) is 8.75. The number of aromatic nitrogens is 2. The number of nitrogens with one attached hydrogen (secondary N) is 1. The maximum Gasteiger partial charge on any atom is 0.147 e. The van der Waals surface area contributed by atoms with Crippen molar-refractivity contribution in [2.45, 2.75) is 19.9 Å². The predicted molar refractivity (Wildman–Crippen MR) is 111 cm³/mol. The fourth-order valence-electron chi connectivity index (χ4n) is 3.40. The largest absolute Gasteiger partial charge is 0.370 e. The number of rotatable bonds is 4. The Labute approximate surface area is 166 Å². The summed E-state index contributed by atoms with van der Waals surface area (Å²) in [7, 11) is 0. The maximum atomic E-state index is 14.5. The fraction of sp³-hybridized carbons (Fsp3) is 0.136. The average molecular weight is 424 g/mol. The molecule has 2 heterocycles. The third-order valence-corrected chi connectivity index (χ3v) is 5.20. The Bertz CT molecular complexity index is 1110. The van der Waals surface area contributed by atoms with Crippen LogP contribution in [0.4, 0.5) is 10.1 Å². The number of nitrogens with zero attached hydrogens (tertiary/aromatic N) is 2. The van der Waals surface area contributed by atoms with Crippen molar-refractivity contribution in [2.75, 3.05) is 5.32 Å². The van der Waals surface area contributed by atoms with E-state index in [2.05, 4.69) is 25.6 Å². The van der Waals surface area contributed by atoms with Crippen molar-refractivity contribution in [3.8, 4) is 0 Å². The van der Waals surface area contributed by atoms with Crippen LogP contribution in [0.1, 0.15) is 28.6 Å². The third-order valence-electron chi connectivity index (χ3n) is 4.70. The lowest BCUT2D eigenvalue weighted by Gasteiger charge is -2.22. The van der Waals surface area contributed by atoms with Gasteiger partial charge in [-0.1, -0.05) is 52.3 Å². The van der Waals surface area contributed by atoms with E-state index in [0.29, 0.717) is 10.2 Å². The summed E-state index contributed by atoms with van der Waals surface area (Å²) in [5.41, 5.74) is 5.45. The summed E-state index contributed by atoms with van der Waals surface area (Å²) in [5, 5.41) is 3.39. The van der Waals surface area contributed by atoms with Gasteiger partial charge in [-0.25, -0.2) is 9.37 Å². The molecule has 0 saturated heterocycles. The van der Waals surface area contributed by atoms with Crippen LogP contribution in [-0.2, 0) is 0 Å². The molecule has 2 aromatic heterocycles. The van der Waals surface area contributed by atoms with Crippen molar-refractivity contribution in [3.63, 3.8) is 0 Å². The van der Waals surface area contributed by atoms with Crippen LogP contribution < -0.4 is 5.32 Å². The van der Waals surface area contributed by atoms with Crippen LogP contribution in [0, 0.1) is 19.7 Å². The Hall–Kier alpha value is -2.66. The van der Waals surface area contributed by atoms with E-state index in [1.54, 1.807) is 6.07 Å². The monoisotopic (exact) mass is 423 g/mol. The number of imidazole rings is 1. The number of aryl methyl sites for hydroxylation is 2. The van der Waals surface area contributed by atoms with E-state index in [1.807, 2.05) is 68.6 Å². The predicted octanol–water partition coefficient (Wildman–Crippen LogP) is 6.05. The van der Waals surface area contributed by atoms with Gasteiger partial charge in [-0.2, -0.15) is 0 Å². The van der Waals surface area contributed by atoms with Gasteiger partial charge < -0.3 is 9.72 Å². The van der Waals surface area contributed by atoms with Crippen LogP contribution in [-0.4, -0.2) is 9.38 Å². The second kappa shape index (κ2) is 7.16. The smallest absolute Gasteiger partial charge is 0.147 e. The maximum absolute atomic E-state index is 14.5. The molecule has 0 fully saturated rings. The zero-order valence-corrected chi connectivity index (χ0v) is 16.7. The fourth-order valence-corrected chi connectivity index (χ4v) is 3.73. The highest BCUT2D eigenvalue weighted by Crippen LogP contribution is 2.32. The van der Waals surface area contributed by atoms with Crippen molar-refractivity contribution in [3.05, 3.63) is 99.7 Å². The first kappa shape index (κ1) is 17.7. The molecule has 1 atom stereocenters. The van der Waals surface area contributed by atoms with Gasteiger partial charge in [0.05, 0.1) is 23.1 Å². The first-order chi connectivity index (χ1) is 13.0. The molecule has 0 radical (unpaired) electrons. The summed E-state index contributed by atoms with van der Waals surface area (Å²) in [4.78, 5) is 4.76. The number of hydrogen-bond acceptors (Lipinski definition) is 2. The molecule has 4 rings (SSSR count). The van der Waals surface area contributed by atoms with Crippen LogP contribution in [0.3, 0.4) is 0 Å². The van der Waals surface area contributed by atoms with E-state index in [0.717, 1.165) is 28.2 Å². The molecule has 0 amide bonds. The highest BCUT2D eigenvalue weighted by Gasteiger charge is 2.23. The van der Waals surface area contributed by atoms with Crippen LogP contribution in [0.15, 0.2) is 71.3 Å². The van der Waals surface area contributed by atoms with Crippen molar-refractivity contribution >= 4 is 27.3 Å². The van der Waals surface area contributed by atoms with Gasteiger partial charge >= 0.3 is 0 Å². The van der Waals surface area contributed by atoms with E-state index < -0.39 is 0 Å². The molecule has 136 valence electrons. The highest BCUT2D eigenvalue weighted by molar-refractivity contribution is 9.10. The topological polar surface area (TPSA) is 29.3 Å². The van der Waals surface area contributed by atoms with Gasteiger partial charge in [-0.3, -0.25) is 0 Å². The van der Waals surface area contributed by atoms with E-state index in [1.165, 1.54) is 6.07 Å². The highest BCUT2D eigenvalue weighted by atomic mass is 79.9. The van der Waals surface area contributed by atoms with Gasteiger partial charge in [0.25, 0.3) is 0 Å². The molecule has 0 spiro atoms. The third kappa shape index (κ3) is 3.35. The van der Waals surface area contributed by atoms with Crippen molar-refractivity contribution in [2.24, 2.45) is 0 Å². The average Bonchev–Trinajstić information content (AvgIpc) is 2.99. The van der Waals surface area contributed by atoms with Crippen LogP contribution in [0.25, 0.3) is 5.65 Å². The number of fused-ring (bicyclic) bond motifs is 1. The Morgan fingerprint density at radius 2 is 1.81 bits per heavy atom. The van der Waals surface area contributed by atoms with Crippen LogP contribution >= 0.6 is 15.9 Å². The Morgan fingerprint density at radius 3 is 2.56 bits per heavy atom. The van der Waals surface area contributed by atoms with Crippen molar-refractivity contribution in [1.29, 1.82) is 0 Å². The van der Waals surface area contributed by atoms with Gasteiger partial charge in [-0.05, 0) is 49.2 Å². The normalized spacial score (nSPS) is 12.3. The van der Waals surface area contributed by atoms with Crippen molar-refractivity contribution < 1.29 is 4.39 Å². The van der Waals surface area contributed by atoms with Gasteiger partial charge in [-0.15, -0.1) is 0 Å². The van der Waals surface area contributed by atoms with E-state index in [-0.39, 0.29) is 11.9 Å². The number of benzene rings is 2. The van der Waals surface area contributed by atoms with E-state index in [9.17, 15) is 4.39 Å². The zero-order valence-electron chi connectivity index (χ0n) is 15.1. The summed E-state index contributed by atoms with van der Waals surface area (Å²) in [6, 6.07) is 18.9. The minimum Gasteiger partial charge on any atom is -0.370 e. The lowest BCUT2D eigenvalue weighted by molar-refractivity contribution is 0.627. The molecule has 0 bridgehead atoms. The molecule has 4 aromatic rings. The van der Waals surface area contributed by atoms with Gasteiger partial charge in [0.1, 0.15) is 11.5 Å². The molecule has 2 aromatic carbocycles. The Morgan fingerprint density at radius 1 is 1.04 bits per heavy atom. The molecule has 1 N–H and O–H groups in total. The lowest BCUT2D eigenvalue weighted by atomic mass is 10.0. The zero-order chi connectivity index (χ0) is 19.0. The molecular weight excluding hydrogens is 405 g/mol. The summed E-state index contributed by atoms with van der Waals surface area (Å²) in [5.74, 6) is -0.298. The van der Waals surface area contributed by atoms with Gasteiger partial charge in [0.2, 0.25) is 0 Å². The minimum absolute atomic E-state index is 0.237. The standard InChI is InChI=1S/C22H19BrFN3/c1-14-7-6-12-27-21(15(2)25-22(14)27)20(16-8-4-3-5-9-16)26-19-11-10-17(23)13-18(19)24/h3-13,20,26H,1-2H3/t20-/m0/s1. The number of anilines is 1. The van der Waals surface area contributed by atoms with Crippen LogP contribution in [0.2, 0.25) is 0 Å². The summed E-state index contributed by atoms with van der Waals surface area (Å²) < 4.78 is 17.3. The molecule has 0 saturated carbocycles. The van der Waals surface area contributed by atoms with E-state index >= 15 is 0 Å². The van der Waals surface area contributed by atoms with Crippen LogP contribution in [0.5, 0.6) is 0 Å².